The Morgan fingerprint density at radius 2 is 1.48 bits per heavy atom. The van der Waals surface area contributed by atoms with Gasteiger partial charge in [-0.3, -0.25) is 24.0 Å². The minimum atomic E-state index is -1.03. The number of rotatable bonds is 18. The lowest BCUT2D eigenvalue weighted by Gasteiger charge is -2.28. The molecule has 0 saturated heterocycles. The molecule has 10 heteroatoms. The van der Waals surface area contributed by atoms with E-state index in [2.05, 4.69) is 26.5 Å². The molecule has 40 heavy (non-hydrogen) atoms. The molecule has 0 radical (unpaired) electrons. The predicted molar refractivity (Wildman–Crippen MR) is 156 cm³/mol. The molecule has 10 nitrogen and oxygen atoms in total. The number of para-hydroxylation sites is 1. The van der Waals surface area contributed by atoms with E-state index in [1.54, 1.807) is 20.2 Å². The van der Waals surface area contributed by atoms with Crippen molar-refractivity contribution in [1.82, 2.24) is 26.5 Å². The molecule has 1 aromatic heterocycles. The van der Waals surface area contributed by atoms with Gasteiger partial charge in [0.25, 0.3) is 0 Å². The Hall–Kier alpha value is -3.21. The van der Waals surface area contributed by atoms with Crippen LogP contribution in [-0.4, -0.2) is 65.2 Å². The molecule has 6 atom stereocenters. The van der Waals surface area contributed by atoms with Gasteiger partial charge in [0.15, 0.2) is 11.6 Å². The van der Waals surface area contributed by atoms with Crippen LogP contribution >= 0.6 is 0 Å². The third kappa shape index (κ3) is 8.64. The summed E-state index contributed by atoms with van der Waals surface area (Å²) in [4.78, 5) is 67.9. The lowest BCUT2D eigenvalue weighted by atomic mass is 9.89. The van der Waals surface area contributed by atoms with Crippen LogP contribution in [0.5, 0.6) is 0 Å². The number of aromatic amines is 1. The van der Waals surface area contributed by atoms with Gasteiger partial charge in [-0.2, -0.15) is 0 Å². The van der Waals surface area contributed by atoms with Crippen LogP contribution < -0.4 is 21.5 Å². The highest BCUT2D eigenvalue weighted by molar-refractivity contribution is 6.41. The van der Waals surface area contributed by atoms with Crippen molar-refractivity contribution in [2.45, 2.75) is 91.4 Å². The summed E-state index contributed by atoms with van der Waals surface area (Å²) in [6.07, 6.45) is 2.94. The third-order valence-corrected chi connectivity index (χ3v) is 7.75. The first-order chi connectivity index (χ1) is 18.9. The predicted octanol–water partition coefficient (Wildman–Crippen LogP) is 2.41. The molecule has 0 spiro atoms. The number of fused-ring (bicyclic) bond motifs is 1. The molecule has 0 saturated carbocycles. The van der Waals surface area contributed by atoms with Crippen molar-refractivity contribution in [2.24, 2.45) is 11.8 Å². The van der Waals surface area contributed by atoms with E-state index >= 15 is 0 Å². The Bertz CT molecular complexity index is 1190. The Kier molecular flexibility index (Phi) is 12.8. The Balaban J connectivity index is 2.38. The maximum absolute atomic E-state index is 13.7. The van der Waals surface area contributed by atoms with Gasteiger partial charge in [0, 0.05) is 24.0 Å². The summed E-state index contributed by atoms with van der Waals surface area (Å²) >= 11 is 0. The Morgan fingerprint density at radius 1 is 0.850 bits per heavy atom. The summed E-state index contributed by atoms with van der Waals surface area (Å²) < 4.78 is 0. The smallest absolute Gasteiger partial charge is 0.222 e. The molecule has 1 aromatic carbocycles. The van der Waals surface area contributed by atoms with E-state index in [-0.39, 0.29) is 36.2 Å². The van der Waals surface area contributed by atoms with Gasteiger partial charge in [0.05, 0.1) is 30.6 Å². The first-order valence-corrected chi connectivity index (χ1v) is 14.1. The number of likely N-dealkylation sites (N-methyl/N-ethyl adjacent to an activating group) is 1. The highest BCUT2D eigenvalue weighted by atomic mass is 16.2. The molecular weight excluding hydrogens is 510 g/mol. The number of hydrogen-bond donors (Lipinski definition) is 5. The normalized spacial score (nSPS) is 16.0. The average molecular weight is 556 g/mol. The van der Waals surface area contributed by atoms with E-state index in [0.717, 1.165) is 16.5 Å². The summed E-state index contributed by atoms with van der Waals surface area (Å²) in [5.41, 5.74) is 7.71. The summed E-state index contributed by atoms with van der Waals surface area (Å²) in [5, 5.41) is 6.41. The number of ketones is 4. The molecular formula is C30H45N5O5. The zero-order chi connectivity index (χ0) is 30.0. The van der Waals surface area contributed by atoms with E-state index in [1.807, 2.05) is 52.0 Å². The van der Waals surface area contributed by atoms with Gasteiger partial charge in [0.1, 0.15) is 0 Å². The number of hydrogen-bond acceptors (Lipinski definition) is 8. The van der Waals surface area contributed by atoms with Crippen molar-refractivity contribution >= 4 is 39.9 Å². The van der Waals surface area contributed by atoms with Gasteiger partial charge in [-0.25, -0.2) is 10.9 Å². The maximum Gasteiger partial charge on any atom is 0.222 e. The molecule has 1 heterocycles. The van der Waals surface area contributed by atoms with Gasteiger partial charge < -0.3 is 15.6 Å². The molecule has 0 aliphatic rings. The third-order valence-electron chi connectivity index (χ3n) is 7.75. The van der Waals surface area contributed by atoms with E-state index in [4.69, 9.17) is 0 Å². The topological polar surface area (TPSA) is 149 Å². The molecule has 2 aromatic rings. The molecule has 0 aliphatic heterocycles. The minimum absolute atomic E-state index is 0.149. The van der Waals surface area contributed by atoms with Crippen molar-refractivity contribution < 1.29 is 24.0 Å². The van der Waals surface area contributed by atoms with Gasteiger partial charge in [-0.05, 0) is 43.9 Å². The van der Waals surface area contributed by atoms with E-state index < -0.39 is 41.6 Å². The summed E-state index contributed by atoms with van der Waals surface area (Å²) in [5.74, 6) is -2.72. The van der Waals surface area contributed by atoms with Gasteiger partial charge in [-0.1, -0.05) is 58.7 Å². The number of amides is 1. The maximum atomic E-state index is 13.7. The average Bonchev–Trinajstić information content (AvgIpc) is 3.35. The lowest BCUT2D eigenvalue weighted by Crippen LogP contribution is -2.58. The molecule has 5 N–H and O–H groups in total. The number of aromatic nitrogens is 1. The zero-order valence-corrected chi connectivity index (χ0v) is 24.7. The lowest BCUT2D eigenvalue weighted by molar-refractivity contribution is -0.141. The van der Waals surface area contributed by atoms with Crippen LogP contribution in [0, 0.1) is 11.8 Å². The summed E-state index contributed by atoms with van der Waals surface area (Å²) in [6, 6.07) is 4.43. The molecule has 220 valence electrons. The van der Waals surface area contributed by atoms with E-state index in [0.29, 0.717) is 12.8 Å². The fourth-order valence-electron chi connectivity index (χ4n) is 4.54. The molecule has 0 fully saturated rings. The van der Waals surface area contributed by atoms with Crippen molar-refractivity contribution in [3.8, 4) is 0 Å². The summed E-state index contributed by atoms with van der Waals surface area (Å²) in [7, 11) is 1.66. The van der Waals surface area contributed by atoms with Gasteiger partial charge in [0.2, 0.25) is 17.5 Å². The Labute approximate surface area is 236 Å². The number of benzene rings is 1. The van der Waals surface area contributed by atoms with Crippen LogP contribution in [0.1, 0.15) is 66.4 Å². The first-order valence-electron chi connectivity index (χ1n) is 14.1. The van der Waals surface area contributed by atoms with Crippen molar-refractivity contribution in [1.29, 1.82) is 0 Å². The van der Waals surface area contributed by atoms with Crippen molar-refractivity contribution in [2.75, 3.05) is 7.05 Å². The van der Waals surface area contributed by atoms with E-state index in [9.17, 15) is 24.0 Å². The second kappa shape index (κ2) is 15.5. The Morgan fingerprint density at radius 3 is 2.08 bits per heavy atom. The fourth-order valence-corrected chi connectivity index (χ4v) is 4.54. The number of H-pyrrole nitrogens is 1. The first kappa shape index (κ1) is 33.0. The largest absolute Gasteiger partial charge is 0.361 e. The highest BCUT2D eigenvalue weighted by Crippen LogP contribution is 2.20. The highest BCUT2D eigenvalue weighted by Gasteiger charge is 2.36. The van der Waals surface area contributed by atoms with Crippen LogP contribution in [-0.2, 0) is 30.4 Å². The van der Waals surface area contributed by atoms with Gasteiger partial charge >= 0.3 is 0 Å². The molecule has 0 bridgehead atoms. The van der Waals surface area contributed by atoms with Crippen molar-refractivity contribution in [3.05, 3.63) is 36.0 Å². The number of hydrazine groups is 1. The van der Waals surface area contributed by atoms with Gasteiger partial charge in [-0.15, -0.1) is 0 Å². The second-order valence-corrected chi connectivity index (χ2v) is 10.7. The van der Waals surface area contributed by atoms with Crippen LogP contribution in [0.4, 0.5) is 0 Å². The minimum Gasteiger partial charge on any atom is -0.361 e. The molecule has 2 rings (SSSR count). The standard InChI is InChI=1S/C30H45N5O5/c1-8-17(3)27(26(38)15-25(37)19(5)31-7)35-34-24(14-21-16-32-23-13-11-10-12-22(21)23)29(39)30(40)28(18(4)9-2)33-20(6)36/h10-13,16-19,24,27-28,31-32,34-35H,8-9,14-15H2,1-7H3,(H,33,36)/t17-,18-,19-,24-,27?,28?/m0/s1. The summed E-state index contributed by atoms with van der Waals surface area (Å²) in [6.45, 7) is 10.5. The molecule has 1 amide bonds. The number of carbonyl (C=O) groups is 5. The number of carbonyl (C=O) groups excluding carboxylic acids is 5. The SMILES string of the molecule is CC[C@H](C)C(NN[C@@H](Cc1c[nH]c2ccccc12)C(=O)C(=O)C(NC(C)=O)[C@@H](C)CC)C(=O)CC(=O)[C@H](C)NC. The monoisotopic (exact) mass is 555 g/mol. The van der Waals surface area contributed by atoms with Crippen LogP contribution in [0.15, 0.2) is 30.5 Å². The molecule has 2 unspecified atom stereocenters. The van der Waals surface area contributed by atoms with Crippen LogP contribution in [0.2, 0.25) is 0 Å². The van der Waals surface area contributed by atoms with Crippen LogP contribution in [0.25, 0.3) is 10.9 Å². The van der Waals surface area contributed by atoms with Crippen LogP contribution in [0.3, 0.4) is 0 Å². The second-order valence-electron chi connectivity index (χ2n) is 10.7. The quantitative estimate of drug-likeness (QED) is 0.107. The van der Waals surface area contributed by atoms with Crippen molar-refractivity contribution in [3.63, 3.8) is 0 Å². The number of nitrogens with one attached hydrogen (secondary N) is 5. The van der Waals surface area contributed by atoms with E-state index in [1.165, 1.54) is 6.92 Å². The number of Topliss-reactive ketones (excluding diaryl/α,β-unsaturated/α-hetero) is 4. The zero-order valence-electron chi connectivity index (χ0n) is 24.7. The molecule has 0 aliphatic carbocycles. The fraction of sp³-hybridized carbons (Fsp3) is 0.567.